The molecule has 0 saturated heterocycles. The van der Waals surface area contributed by atoms with Crippen LogP contribution in [0.1, 0.15) is 45.6 Å². The fourth-order valence-corrected chi connectivity index (χ4v) is 6.46. The molecule has 0 spiro atoms. The van der Waals surface area contributed by atoms with Crippen LogP contribution in [0.15, 0.2) is 58.9 Å². The van der Waals surface area contributed by atoms with E-state index in [-0.39, 0.29) is 48.4 Å². The first-order valence-electron chi connectivity index (χ1n) is 12.5. The number of fused-ring (bicyclic) bond motifs is 1. The molecular weight excluding hydrogens is 510 g/mol. The summed E-state index contributed by atoms with van der Waals surface area (Å²) in [7, 11) is -3.93. The van der Waals surface area contributed by atoms with Crippen molar-refractivity contribution in [2.75, 3.05) is 13.1 Å². The number of ketones is 1. The van der Waals surface area contributed by atoms with Gasteiger partial charge in [-0.25, -0.2) is 13.4 Å². The lowest BCUT2D eigenvalue weighted by atomic mass is 10.0. The third kappa shape index (κ3) is 8.16. The molecule has 1 aromatic heterocycles. The van der Waals surface area contributed by atoms with Gasteiger partial charge in [-0.3, -0.25) is 9.59 Å². The molecule has 2 unspecified atom stereocenters. The minimum atomic E-state index is -3.93. The summed E-state index contributed by atoms with van der Waals surface area (Å²) in [6.07, 6.45) is -0.346. The first kappa shape index (κ1) is 28.9. The van der Waals surface area contributed by atoms with Crippen molar-refractivity contribution in [3.63, 3.8) is 0 Å². The standard InChI is InChI=1S/C27H35N3O5S2/c1-4-21(31)10-13-27(33)29-24(14-20-8-6-5-7-9-20)25(32)17-30(16-19(2)3)37(34,35)22-11-12-23-26(15-22)36-18-28-23/h5-9,11-12,15,18-19,24-25,32H,4,10,13-14,16-17H2,1-3H3,(H,29,33). The highest BCUT2D eigenvalue weighted by Crippen LogP contribution is 2.25. The Morgan fingerprint density at radius 2 is 1.81 bits per heavy atom. The van der Waals surface area contributed by atoms with Crippen molar-refractivity contribution >= 4 is 43.3 Å². The van der Waals surface area contributed by atoms with Crippen LogP contribution in [0.4, 0.5) is 0 Å². The molecule has 8 nitrogen and oxygen atoms in total. The molecular formula is C27H35N3O5S2. The number of sulfonamides is 1. The number of hydrogen-bond donors (Lipinski definition) is 2. The first-order valence-corrected chi connectivity index (χ1v) is 14.8. The van der Waals surface area contributed by atoms with E-state index in [0.29, 0.717) is 12.8 Å². The highest BCUT2D eigenvalue weighted by Gasteiger charge is 2.31. The molecule has 0 bridgehead atoms. The average Bonchev–Trinajstić information content (AvgIpc) is 3.35. The number of hydrogen-bond acceptors (Lipinski definition) is 7. The number of carbonyl (C=O) groups is 2. The fourth-order valence-electron chi connectivity index (χ4n) is 4.02. The molecule has 1 heterocycles. The number of aromatic nitrogens is 1. The molecule has 3 aromatic rings. The van der Waals surface area contributed by atoms with E-state index < -0.39 is 22.2 Å². The Morgan fingerprint density at radius 1 is 1.08 bits per heavy atom. The highest BCUT2D eigenvalue weighted by atomic mass is 32.2. The maximum atomic E-state index is 13.7. The van der Waals surface area contributed by atoms with Crippen LogP contribution >= 0.6 is 11.3 Å². The van der Waals surface area contributed by atoms with Crippen LogP contribution in [-0.4, -0.2) is 59.7 Å². The maximum absolute atomic E-state index is 13.7. The van der Waals surface area contributed by atoms with Crippen molar-refractivity contribution < 1.29 is 23.1 Å². The molecule has 0 aliphatic carbocycles. The van der Waals surface area contributed by atoms with E-state index in [0.717, 1.165) is 15.8 Å². The first-order chi connectivity index (χ1) is 17.6. The molecule has 0 radical (unpaired) electrons. The molecule has 2 atom stereocenters. The lowest BCUT2D eigenvalue weighted by Gasteiger charge is -2.30. The van der Waals surface area contributed by atoms with Crippen LogP contribution in [0.25, 0.3) is 10.2 Å². The number of thiazole rings is 1. The second kappa shape index (κ2) is 13.2. The van der Waals surface area contributed by atoms with Gasteiger partial charge >= 0.3 is 0 Å². The summed E-state index contributed by atoms with van der Waals surface area (Å²) in [6.45, 7) is 5.59. The monoisotopic (exact) mass is 545 g/mol. The van der Waals surface area contributed by atoms with Crippen molar-refractivity contribution in [2.24, 2.45) is 5.92 Å². The van der Waals surface area contributed by atoms with E-state index in [1.165, 1.54) is 21.7 Å². The van der Waals surface area contributed by atoms with Crippen molar-refractivity contribution in [2.45, 2.75) is 63.5 Å². The number of rotatable bonds is 14. The molecule has 2 N–H and O–H groups in total. The molecule has 0 aliphatic rings. The van der Waals surface area contributed by atoms with Crippen LogP contribution < -0.4 is 5.32 Å². The average molecular weight is 546 g/mol. The zero-order valence-electron chi connectivity index (χ0n) is 21.5. The Morgan fingerprint density at radius 3 is 2.49 bits per heavy atom. The number of aliphatic hydroxyl groups is 1. The summed E-state index contributed by atoms with van der Waals surface area (Å²) >= 11 is 1.36. The van der Waals surface area contributed by atoms with Gasteiger partial charge in [-0.1, -0.05) is 51.1 Å². The van der Waals surface area contributed by atoms with E-state index in [2.05, 4.69) is 10.3 Å². The minimum absolute atomic E-state index is 0.0105. The minimum Gasteiger partial charge on any atom is -0.390 e. The van der Waals surface area contributed by atoms with Gasteiger partial charge in [0.15, 0.2) is 0 Å². The maximum Gasteiger partial charge on any atom is 0.243 e. The summed E-state index contributed by atoms with van der Waals surface area (Å²) in [5.74, 6) is -0.352. The summed E-state index contributed by atoms with van der Waals surface area (Å²) in [5, 5.41) is 14.1. The molecule has 37 heavy (non-hydrogen) atoms. The topological polar surface area (TPSA) is 117 Å². The second-order valence-corrected chi connectivity index (χ2v) is 12.3. The molecule has 0 saturated carbocycles. The lowest BCUT2D eigenvalue weighted by Crippen LogP contribution is -2.51. The van der Waals surface area contributed by atoms with Crippen molar-refractivity contribution in [1.82, 2.24) is 14.6 Å². The normalized spacial score (nSPS) is 13.7. The van der Waals surface area contributed by atoms with Gasteiger partial charge in [0, 0.05) is 32.4 Å². The van der Waals surface area contributed by atoms with Crippen LogP contribution in [0.5, 0.6) is 0 Å². The van der Waals surface area contributed by atoms with Crippen molar-refractivity contribution in [1.29, 1.82) is 0 Å². The number of Topliss-reactive ketones (excluding diaryl/α,β-unsaturated/α-hetero) is 1. The summed E-state index contributed by atoms with van der Waals surface area (Å²) in [5.41, 5.74) is 3.29. The van der Waals surface area contributed by atoms with E-state index in [9.17, 15) is 23.1 Å². The van der Waals surface area contributed by atoms with Gasteiger partial charge in [0.1, 0.15) is 5.78 Å². The Balaban J connectivity index is 1.84. The molecule has 0 aliphatic heterocycles. The van der Waals surface area contributed by atoms with Crippen LogP contribution in [-0.2, 0) is 26.0 Å². The van der Waals surface area contributed by atoms with Crippen LogP contribution in [0.2, 0.25) is 0 Å². The Labute approximate surface area is 222 Å². The number of aliphatic hydroxyl groups excluding tert-OH is 1. The second-order valence-electron chi connectivity index (χ2n) is 9.52. The predicted molar refractivity (Wildman–Crippen MR) is 146 cm³/mol. The number of benzene rings is 2. The van der Waals surface area contributed by atoms with Gasteiger partial charge in [0.25, 0.3) is 0 Å². The summed E-state index contributed by atoms with van der Waals surface area (Å²) in [4.78, 5) is 28.7. The van der Waals surface area contributed by atoms with E-state index in [1.807, 2.05) is 44.2 Å². The molecule has 10 heteroatoms. The van der Waals surface area contributed by atoms with Gasteiger partial charge in [-0.05, 0) is 36.1 Å². The quantitative estimate of drug-likeness (QED) is 0.318. The Bertz CT molecular complexity index is 1290. The smallest absolute Gasteiger partial charge is 0.243 e. The Hall–Kier alpha value is -2.66. The zero-order chi connectivity index (χ0) is 27.0. The van der Waals surface area contributed by atoms with Gasteiger partial charge in [-0.2, -0.15) is 4.31 Å². The lowest BCUT2D eigenvalue weighted by molar-refractivity contribution is -0.126. The molecule has 2 aromatic carbocycles. The SMILES string of the molecule is CCC(=O)CCC(=O)NC(Cc1ccccc1)C(O)CN(CC(C)C)S(=O)(=O)c1ccc2ncsc2c1. The predicted octanol–water partition coefficient (Wildman–Crippen LogP) is 3.79. The van der Waals surface area contributed by atoms with E-state index >= 15 is 0 Å². The van der Waals surface area contributed by atoms with E-state index in [4.69, 9.17) is 0 Å². The van der Waals surface area contributed by atoms with Crippen LogP contribution in [0, 0.1) is 5.92 Å². The third-order valence-corrected chi connectivity index (χ3v) is 8.65. The molecule has 200 valence electrons. The van der Waals surface area contributed by atoms with Gasteiger partial charge in [0.05, 0.1) is 32.8 Å². The largest absolute Gasteiger partial charge is 0.390 e. The van der Waals surface area contributed by atoms with Gasteiger partial charge < -0.3 is 10.4 Å². The molecule has 0 fully saturated rings. The van der Waals surface area contributed by atoms with Crippen LogP contribution in [0.3, 0.4) is 0 Å². The number of amides is 1. The third-order valence-electron chi connectivity index (χ3n) is 6.03. The molecule has 3 rings (SSSR count). The zero-order valence-corrected chi connectivity index (χ0v) is 23.1. The van der Waals surface area contributed by atoms with Crippen molar-refractivity contribution in [3.8, 4) is 0 Å². The highest BCUT2D eigenvalue weighted by molar-refractivity contribution is 7.89. The fraction of sp³-hybridized carbons (Fsp3) is 0.444. The number of nitrogens with one attached hydrogen (secondary N) is 1. The van der Waals surface area contributed by atoms with Gasteiger partial charge in [-0.15, -0.1) is 11.3 Å². The van der Waals surface area contributed by atoms with Gasteiger partial charge in [0.2, 0.25) is 15.9 Å². The number of nitrogens with zero attached hydrogens (tertiary/aromatic N) is 2. The summed E-state index contributed by atoms with van der Waals surface area (Å²) < 4.78 is 29.4. The van der Waals surface area contributed by atoms with Crippen molar-refractivity contribution in [3.05, 3.63) is 59.6 Å². The summed E-state index contributed by atoms with van der Waals surface area (Å²) in [6, 6.07) is 13.5. The number of carbonyl (C=O) groups excluding carboxylic acids is 2. The molecule has 1 amide bonds. The van der Waals surface area contributed by atoms with E-state index in [1.54, 1.807) is 24.6 Å². The Kier molecular flexibility index (Phi) is 10.3.